The topological polar surface area (TPSA) is 130 Å². The van der Waals surface area contributed by atoms with E-state index in [-0.39, 0.29) is 10.6 Å². The molecule has 54 heavy (non-hydrogen) atoms. The molecule has 4 heterocycles. The molecule has 0 unspecified atom stereocenters. The zero-order valence-corrected chi connectivity index (χ0v) is 32.7. The predicted octanol–water partition coefficient (Wildman–Crippen LogP) is 8.56. The van der Waals surface area contributed by atoms with Gasteiger partial charge in [0.15, 0.2) is 5.52 Å². The number of aryl methyl sites for hydroxylation is 2. The van der Waals surface area contributed by atoms with Gasteiger partial charge in [-0.15, -0.1) is 0 Å². The van der Waals surface area contributed by atoms with Crippen molar-refractivity contribution in [3.63, 3.8) is 0 Å². The second kappa shape index (κ2) is 16.2. The molecule has 16 heteroatoms. The van der Waals surface area contributed by atoms with Crippen molar-refractivity contribution in [2.24, 2.45) is 0 Å². The summed E-state index contributed by atoms with van der Waals surface area (Å²) in [4.78, 5) is 24.8. The number of rotatable bonds is 7. The van der Waals surface area contributed by atoms with E-state index in [0.717, 1.165) is 65.7 Å². The highest BCUT2D eigenvalue weighted by Crippen LogP contribution is 2.35. The highest BCUT2D eigenvalue weighted by atomic mass is 35.5. The van der Waals surface area contributed by atoms with E-state index in [0.29, 0.717) is 82.0 Å². The number of nitrogens with two attached hydrogens (primary N) is 1. The van der Waals surface area contributed by atoms with Crippen LogP contribution in [0.25, 0.3) is 22.1 Å². The van der Waals surface area contributed by atoms with Crippen LogP contribution in [0.1, 0.15) is 22.8 Å². The third-order valence-corrected chi connectivity index (χ3v) is 11.5. The molecule has 282 valence electrons. The highest BCUT2D eigenvalue weighted by molar-refractivity contribution is 6.43. The minimum Gasteiger partial charge on any atom is -0.397 e. The van der Waals surface area contributed by atoms with Gasteiger partial charge in [-0.1, -0.05) is 70.7 Å². The SMILES string of the molecule is Cc1nc2c(N)cc(N3CCOCC3)cc2n1Cc1cccc(Cl)c1Cl.Cc1nc2c([N+](=O)[O-])cc(N3CCOCC3)cc2n1Cc1cccc(Cl)c1Cl. The van der Waals surface area contributed by atoms with E-state index in [1.165, 1.54) is 0 Å². The molecular formula is C38H38Cl4N8O4. The molecule has 0 atom stereocenters. The number of hydrogen-bond donors (Lipinski definition) is 1. The summed E-state index contributed by atoms with van der Waals surface area (Å²) in [5.74, 6) is 1.56. The minimum absolute atomic E-state index is 0.00182. The molecule has 2 aliphatic heterocycles. The number of benzene rings is 4. The molecule has 8 rings (SSSR count). The van der Waals surface area contributed by atoms with Crippen molar-refractivity contribution in [3.8, 4) is 0 Å². The van der Waals surface area contributed by atoms with Gasteiger partial charge in [0.2, 0.25) is 0 Å². The highest BCUT2D eigenvalue weighted by Gasteiger charge is 2.24. The van der Waals surface area contributed by atoms with Crippen LogP contribution in [0, 0.1) is 24.0 Å². The van der Waals surface area contributed by atoms with Gasteiger partial charge in [0, 0.05) is 43.6 Å². The van der Waals surface area contributed by atoms with Crippen molar-refractivity contribution >= 4 is 91.2 Å². The number of ether oxygens (including phenoxy) is 2. The molecule has 0 bridgehead atoms. The summed E-state index contributed by atoms with van der Waals surface area (Å²) in [6.45, 7) is 10.6. The van der Waals surface area contributed by atoms with E-state index in [2.05, 4.69) is 30.4 Å². The van der Waals surface area contributed by atoms with Crippen LogP contribution in [0.3, 0.4) is 0 Å². The Labute approximate surface area is 332 Å². The van der Waals surface area contributed by atoms with Crippen molar-refractivity contribution in [2.75, 3.05) is 68.1 Å². The molecule has 4 aromatic carbocycles. The summed E-state index contributed by atoms with van der Waals surface area (Å²) in [5, 5.41) is 13.8. The number of nitro benzene ring substituents is 1. The fourth-order valence-corrected chi connectivity index (χ4v) is 7.64. The number of fused-ring (bicyclic) bond motifs is 2. The van der Waals surface area contributed by atoms with Gasteiger partial charge >= 0.3 is 0 Å². The number of nitrogens with zero attached hydrogens (tertiary/aromatic N) is 7. The van der Waals surface area contributed by atoms with Crippen molar-refractivity contribution in [1.29, 1.82) is 0 Å². The third kappa shape index (κ3) is 7.77. The maximum absolute atomic E-state index is 11.7. The van der Waals surface area contributed by atoms with E-state index >= 15 is 0 Å². The predicted molar refractivity (Wildman–Crippen MR) is 217 cm³/mol. The molecule has 0 aliphatic carbocycles. The number of nitrogen functional groups attached to an aromatic ring is 1. The van der Waals surface area contributed by atoms with Crippen molar-refractivity contribution < 1.29 is 14.4 Å². The van der Waals surface area contributed by atoms with Crippen LogP contribution >= 0.6 is 46.4 Å². The van der Waals surface area contributed by atoms with Crippen molar-refractivity contribution in [2.45, 2.75) is 26.9 Å². The summed E-state index contributed by atoms with van der Waals surface area (Å²) in [6.07, 6.45) is 0. The zero-order chi connectivity index (χ0) is 38.1. The first-order valence-corrected chi connectivity index (χ1v) is 18.9. The number of morpholine rings is 2. The molecule has 12 nitrogen and oxygen atoms in total. The molecule has 2 aliphatic rings. The molecule has 6 aromatic rings. The number of imidazole rings is 2. The van der Waals surface area contributed by atoms with Crippen LogP contribution in [0.4, 0.5) is 22.7 Å². The van der Waals surface area contributed by atoms with Crippen LogP contribution in [-0.2, 0) is 22.6 Å². The van der Waals surface area contributed by atoms with Crippen molar-refractivity contribution in [3.05, 3.63) is 114 Å². The van der Waals surface area contributed by atoms with Gasteiger partial charge in [0.25, 0.3) is 5.69 Å². The smallest absolute Gasteiger partial charge is 0.299 e. The summed E-state index contributed by atoms with van der Waals surface area (Å²) >= 11 is 25.0. The van der Waals surface area contributed by atoms with Crippen LogP contribution in [0.2, 0.25) is 20.1 Å². The maximum Gasteiger partial charge on any atom is 0.299 e. The minimum atomic E-state index is -0.380. The fourth-order valence-electron chi connectivity index (χ4n) is 6.88. The Kier molecular flexibility index (Phi) is 11.4. The molecule has 2 N–H and O–H groups in total. The Bertz CT molecular complexity index is 2350. The second-order valence-corrected chi connectivity index (χ2v) is 14.7. The second-order valence-electron chi connectivity index (χ2n) is 13.1. The van der Waals surface area contributed by atoms with Gasteiger partial charge in [-0.2, -0.15) is 0 Å². The normalized spacial score (nSPS) is 14.8. The molecule has 0 amide bonds. The van der Waals surface area contributed by atoms with Gasteiger partial charge in [0.05, 0.1) is 81.3 Å². The van der Waals surface area contributed by atoms with Crippen molar-refractivity contribution in [1.82, 2.24) is 19.1 Å². The number of hydrogen-bond acceptors (Lipinski definition) is 9. The Morgan fingerprint density at radius 2 is 1.15 bits per heavy atom. The summed E-state index contributed by atoms with van der Waals surface area (Å²) < 4.78 is 14.9. The molecular weight excluding hydrogens is 774 g/mol. The number of anilines is 3. The van der Waals surface area contributed by atoms with Gasteiger partial charge in [0.1, 0.15) is 17.2 Å². The Hall–Kier alpha value is -4.30. The first-order chi connectivity index (χ1) is 26.0. The molecule has 2 fully saturated rings. The lowest BCUT2D eigenvalue weighted by atomic mass is 10.2. The standard InChI is InChI=1S/C19H18Cl2N4O3.C19H20Cl2N4O/c1-12-22-19-16(24(12)11-13-3-2-4-15(20)18(13)21)9-14(10-17(19)25(26)27)23-5-7-28-8-6-23;1-12-23-19-16(22)9-14(24-5-7-26-8-6-24)10-17(19)25(12)11-13-3-2-4-15(20)18(13)21/h2-4,9-10H,5-8,11H2,1H3;2-4,9-10H,5-8,11,22H2,1H3. The van der Waals surface area contributed by atoms with Gasteiger partial charge < -0.3 is 34.1 Å². The van der Waals surface area contributed by atoms with Crippen LogP contribution in [-0.4, -0.2) is 76.6 Å². The number of halogens is 4. The monoisotopic (exact) mass is 810 g/mol. The first-order valence-electron chi connectivity index (χ1n) is 17.4. The number of non-ortho nitro benzene ring substituents is 1. The largest absolute Gasteiger partial charge is 0.397 e. The quantitative estimate of drug-likeness (QED) is 0.0958. The van der Waals surface area contributed by atoms with E-state index in [9.17, 15) is 10.1 Å². The fraction of sp³-hybridized carbons (Fsp3) is 0.316. The van der Waals surface area contributed by atoms with E-state index < -0.39 is 0 Å². The summed E-state index contributed by atoms with van der Waals surface area (Å²) in [5.41, 5.74) is 13.6. The average Bonchev–Trinajstić information content (AvgIpc) is 3.67. The lowest BCUT2D eigenvalue weighted by molar-refractivity contribution is -0.383. The third-order valence-electron chi connectivity index (χ3n) is 9.74. The number of nitro groups is 1. The van der Waals surface area contributed by atoms with Gasteiger partial charge in [-0.05, 0) is 55.3 Å². The van der Waals surface area contributed by atoms with Crippen LogP contribution < -0.4 is 15.5 Å². The summed E-state index contributed by atoms with van der Waals surface area (Å²) in [6, 6.07) is 18.8. The Balaban J connectivity index is 0.000000167. The molecule has 0 radical (unpaired) electrons. The maximum atomic E-state index is 11.7. The molecule has 0 spiro atoms. The summed E-state index contributed by atoms with van der Waals surface area (Å²) in [7, 11) is 0. The molecule has 0 saturated carbocycles. The van der Waals surface area contributed by atoms with E-state index in [4.69, 9.17) is 61.6 Å². The molecule has 2 aromatic heterocycles. The van der Waals surface area contributed by atoms with Crippen LogP contribution in [0.5, 0.6) is 0 Å². The zero-order valence-electron chi connectivity index (χ0n) is 29.7. The number of aromatic nitrogens is 4. The van der Waals surface area contributed by atoms with E-state index in [1.807, 2.05) is 54.8 Å². The van der Waals surface area contributed by atoms with Gasteiger partial charge in [-0.25, -0.2) is 9.97 Å². The van der Waals surface area contributed by atoms with Gasteiger partial charge in [-0.3, -0.25) is 10.1 Å². The van der Waals surface area contributed by atoms with E-state index in [1.54, 1.807) is 18.2 Å². The average molecular weight is 813 g/mol. The Morgan fingerprint density at radius 1 is 0.704 bits per heavy atom. The molecule has 2 saturated heterocycles. The lowest BCUT2D eigenvalue weighted by Gasteiger charge is -2.29. The lowest BCUT2D eigenvalue weighted by Crippen LogP contribution is -2.36. The Morgan fingerprint density at radius 3 is 1.63 bits per heavy atom. The first kappa shape index (κ1) is 38.0. The van der Waals surface area contributed by atoms with Crippen LogP contribution in [0.15, 0.2) is 60.7 Å².